The minimum atomic E-state index is -0.207. The van der Waals surface area contributed by atoms with Crippen molar-refractivity contribution in [3.63, 3.8) is 0 Å². The summed E-state index contributed by atoms with van der Waals surface area (Å²) in [6, 6.07) is 6.72. The molecule has 0 unspecified atom stereocenters. The highest BCUT2D eigenvalue weighted by Crippen LogP contribution is 2.47. The van der Waals surface area contributed by atoms with Crippen molar-refractivity contribution in [1.82, 2.24) is 5.32 Å². The molecule has 0 heterocycles. The Kier molecular flexibility index (Phi) is 5.12. The molecule has 0 aromatic heterocycles. The van der Waals surface area contributed by atoms with E-state index < -0.39 is 0 Å². The number of hydrogen-bond donors (Lipinski definition) is 2. The molecule has 1 amide bonds. The Balaban J connectivity index is 1.77. The molecule has 1 aromatic carbocycles. The summed E-state index contributed by atoms with van der Waals surface area (Å²) in [5.41, 5.74) is 6.38. The summed E-state index contributed by atoms with van der Waals surface area (Å²) in [5, 5.41) is 2.99. The molecule has 0 atom stereocenters. The number of carbonyl (C=O) groups is 1. The minimum absolute atomic E-state index is 0.0327. The zero-order valence-electron chi connectivity index (χ0n) is 11.8. The van der Waals surface area contributed by atoms with Crippen molar-refractivity contribution in [1.29, 1.82) is 0 Å². The third-order valence-electron chi connectivity index (χ3n) is 4.02. The second kappa shape index (κ2) is 6.84. The molecule has 0 radical (unpaired) electrons. The second-order valence-electron chi connectivity index (χ2n) is 5.67. The van der Waals surface area contributed by atoms with Gasteiger partial charge < -0.3 is 11.1 Å². The maximum Gasteiger partial charge on any atom is 0.220 e. The van der Waals surface area contributed by atoms with Crippen molar-refractivity contribution in [2.75, 3.05) is 13.1 Å². The van der Waals surface area contributed by atoms with Crippen LogP contribution in [0.1, 0.15) is 44.1 Å². The molecule has 1 aliphatic carbocycles. The maximum absolute atomic E-state index is 13.3. The Bertz CT molecular complexity index is 458. The van der Waals surface area contributed by atoms with Gasteiger partial charge in [0.15, 0.2) is 0 Å². The van der Waals surface area contributed by atoms with E-state index in [0.717, 1.165) is 37.7 Å². The topological polar surface area (TPSA) is 55.1 Å². The highest BCUT2D eigenvalue weighted by molar-refractivity contribution is 5.76. The number of unbranched alkanes of at least 4 members (excludes halogenated alkanes) is 2. The number of benzene rings is 1. The number of amides is 1. The van der Waals surface area contributed by atoms with Gasteiger partial charge in [-0.25, -0.2) is 4.39 Å². The summed E-state index contributed by atoms with van der Waals surface area (Å²) in [7, 11) is 0. The van der Waals surface area contributed by atoms with E-state index in [1.165, 1.54) is 6.07 Å². The molecule has 3 N–H and O–H groups in total. The first kappa shape index (κ1) is 15.0. The Morgan fingerprint density at radius 3 is 2.75 bits per heavy atom. The molecule has 0 spiro atoms. The van der Waals surface area contributed by atoms with Gasteiger partial charge in [-0.1, -0.05) is 18.6 Å². The number of hydrogen-bond acceptors (Lipinski definition) is 2. The van der Waals surface area contributed by atoms with Gasteiger partial charge in [0.05, 0.1) is 0 Å². The zero-order chi connectivity index (χ0) is 14.4. The monoisotopic (exact) mass is 278 g/mol. The summed E-state index contributed by atoms with van der Waals surface area (Å²) in [4.78, 5) is 11.8. The lowest BCUT2D eigenvalue weighted by Gasteiger charge is -2.16. The van der Waals surface area contributed by atoms with Crippen molar-refractivity contribution < 1.29 is 9.18 Å². The van der Waals surface area contributed by atoms with Crippen LogP contribution in [0.15, 0.2) is 24.3 Å². The van der Waals surface area contributed by atoms with E-state index in [1.807, 2.05) is 6.07 Å². The van der Waals surface area contributed by atoms with Crippen LogP contribution in [0, 0.1) is 5.82 Å². The van der Waals surface area contributed by atoms with Crippen molar-refractivity contribution in [3.05, 3.63) is 35.6 Å². The minimum Gasteiger partial charge on any atom is -0.355 e. The molecule has 1 saturated carbocycles. The van der Waals surface area contributed by atoms with Crippen LogP contribution >= 0.6 is 0 Å². The Morgan fingerprint density at radius 2 is 2.10 bits per heavy atom. The summed E-state index contributed by atoms with van der Waals surface area (Å²) in [6.07, 6.45) is 5.45. The molecule has 0 aliphatic heterocycles. The molecule has 3 nitrogen and oxygen atoms in total. The van der Waals surface area contributed by atoms with Gasteiger partial charge >= 0.3 is 0 Å². The van der Waals surface area contributed by atoms with Gasteiger partial charge in [-0.3, -0.25) is 4.79 Å². The van der Waals surface area contributed by atoms with E-state index in [9.17, 15) is 9.18 Å². The lowest BCUT2D eigenvalue weighted by molar-refractivity contribution is -0.121. The largest absolute Gasteiger partial charge is 0.355 e. The van der Waals surface area contributed by atoms with Gasteiger partial charge in [0, 0.05) is 18.4 Å². The van der Waals surface area contributed by atoms with E-state index in [0.29, 0.717) is 19.5 Å². The van der Waals surface area contributed by atoms with Crippen LogP contribution < -0.4 is 11.1 Å². The average molecular weight is 278 g/mol. The highest BCUT2D eigenvalue weighted by Gasteiger charge is 2.44. The van der Waals surface area contributed by atoms with E-state index in [-0.39, 0.29) is 17.1 Å². The van der Waals surface area contributed by atoms with Gasteiger partial charge in [-0.05, 0) is 49.9 Å². The SMILES string of the molecule is NCCCCCC(=O)NCC1(c2cccc(F)c2)CC1. The van der Waals surface area contributed by atoms with Crippen molar-refractivity contribution in [2.45, 2.75) is 43.9 Å². The Morgan fingerprint density at radius 1 is 1.30 bits per heavy atom. The van der Waals surface area contributed by atoms with Gasteiger partial charge in [-0.2, -0.15) is 0 Å². The molecule has 1 aliphatic rings. The highest BCUT2D eigenvalue weighted by atomic mass is 19.1. The zero-order valence-corrected chi connectivity index (χ0v) is 11.8. The Labute approximate surface area is 119 Å². The molecule has 4 heteroatoms. The maximum atomic E-state index is 13.3. The number of nitrogens with one attached hydrogen (secondary N) is 1. The molecule has 110 valence electrons. The summed E-state index contributed by atoms with van der Waals surface area (Å²) < 4.78 is 13.3. The van der Waals surface area contributed by atoms with Crippen LogP contribution in [-0.4, -0.2) is 19.0 Å². The normalized spacial score (nSPS) is 15.9. The summed E-state index contributed by atoms with van der Waals surface area (Å²) in [6.45, 7) is 1.30. The predicted octanol–water partition coefficient (Wildman–Crippen LogP) is 2.49. The van der Waals surface area contributed by atoms with Crippen molar-refractivity contribution in [2.24, 2.45) is 5.73 Å². The molecule has 20 heavy (non-hydrogen) atoms. The summed E-state index contributed by atoms with van der Waals surface area (Å²) in [5.74, 6) is -0.119. The molecule has 0 bridgehead atoms. The van der Waals surface area contributed by atoms with Crippen LogP contribution in [0.4, 0.5) is 4.39 Å². The summed E-state index contributed by atoms with van der Waals surface area (Å²) >= 11 is 0. The predicted molar refractivity (Wildman–Crippen MR) is 77.8 cm³/mol. The molecule has 1 fully saturated rings. The lowest BCUT2D eigenvalue weighted by atomic mass is 9.96. The first-order valence-corrected chi connectivity index (χ1v) is 7.39. The first-order valence-electron chi connectivity index (χ1n) is 7.39. The lowest BCUT2D eigenvalue weighted by Crippen LogP contribution is -2.32. The molecule has 1 aromatic rings. The van der Waals surface area contributed by atoms with Crippen LogP contribution in [0.5, 0.6) is 0 Å². The fourth-order valence-corrected chi connectivity index (χ4v) is 2.50. The van der Waals surface area contributed by atoms with Crippen LogP contribution in [0.3, 0.4) is 0 Å². The van der Waals surface area contributed by atoms with Crippen molar-refractivity contribution >= 4 is 5.91 Å². The van der Waals surface area contributed by atoms with Crippen molar-refractivity contribution in [3.8, 4) is 0 Å². The van der Waals surface area contributed by atoms with Crippen LogP contribution in [0.2, 0.25) is 0 Å². The van der Waals surface area contributed by atoms with E-state index >= 15 is 0 Å². The number of halogens is 1. The van der Waals surface area contributed by atoms with Gasteiger partial charge in [0.1, 0.15) is 5.82 Å². The van der Waals surface area contributed by atoms with E-state index in [1.54, 1.807) is 12.1 Å². The molecule has 2 rings (SSSR count). The molecular weight excluding hydrogens is 255 g/mol. The van der Waals surface area contributed by atoms with E-state index in [4.69, 9.17) is 5.73 Å². The van der Waals surface area contributed by atoms with Gasteiger partial charge in [0.2, 0.25) is 5.91 Å². The van der Waals surface area contributed by atoms with Crippen LogP contribution in [-0.2, 0) is 10.2 Å². The average Bonchev–Trinajstić information content (AvgIpc) is 3.23. The smallest absolute Gasteiger partial charge is 0.220 e. The van der Waals surface area contributed by atoms with Crippen LogP contribution in [0.25, 0.3) is 0 Å². The number of rotatable bonds is 8. The fourth-order valence-electron chi connectivity index (χ4n) is 2.50. The third kappa shape index (κ3) is 4.04. The fraction of sp³-hybridized carbons (Fsp3) is 0.562. The third-order valence-corrected chi connectivity index (χ3v) is 4.02. The standard InChI is InChI=1S/C16H23FN2O/c17-14-6-4-5-13(11-14)16(8-9-16)12-19-15(20)7-2-1-3-10-18/h4-6,11H,1-3,7-10,12,18H2,(H,19,20). The first-order chi connectivity index (χ1) is 9.66. The molecule has 0 saturated heterocycles. The second-order valence-corrected chi connectivity index (χ2v) is 5.67. The quantitative estimate of drug-likeness (QED) is 0.718. The number of nitrogens with two attached hydrogens (primary N) is 1. The Hall–Kier alpha value is -1.42. The van der Waals surface area contributed by atoms with Gasteiger partial charge in [0.25, 0.3) is 0 Å². The van der Waals surface area contributed by atoms with Gasteiger partial charge in [-0.15, -0.1) is 0 Å². The van der Waals surface area contributed by atoms with E-state index in [2.05, 4.69) is 5.32 Å². The number of carbonyl (C=O) groups excluding carboxylic acids is 1. The molecular formula is C16H23FN2O.